The number of rotatable bonds is 6. The van der Waals surface area contributed by atoms with E-state index in [1.54, 1.807) is 19.1 Å². The van der Waals surface area contributed by atoms with Gasteiger partial charge >= 0.3 is 5.97 Å². The van der Waals surface area contributed by atoms with Crippen LogP contribution < -0.4 is 10.1 Å². The van der Waals surface area contributed by atoms with E-state index in [2.05, 4.69) is 15.6 Å². The Bertz CT molecular complexity index is 737. The number of carboxylic acids is 1. The third-order valence-electron chi connectivity index (χ3n) is 3.28. The molecule has 128 valence electrons. The molecule has 2 aromatic rings. The maximum atomic E-state index is 12.1. The number of aromatic nitrogens is 3. The highest BCUT2D eigenvalue weighted by atomic mass is 16.5. The first-order valence-corrected chi connectivity index (χ1v) is 7.52. The average Bonchev–Trinajstić information content (AvgIpc) is 2.89. The zero-order valence-corrected chi connectivity index (χ0v) is 14.0. The maximum absolute atomic E-state index is 12.1. The Morgan fingerprint density at radius 3 is 2.38 bits per heavy atom. The highest BCUT2D eigenvalue weighted by Crippen LogP contribution is 2.18. The second-order valence-electron chi connectivity index (χ2n) is 5.63. The van der Waals surface area contributed by atoms with Gasteiger partial charge in [0.1, 0.15) is 11.8 Å². The smallest absolute Gasteiger partial charge is 0.325 e. The molecular formula is C16H20N4O4. The fraction of sp³-hybridized carbons (Fsp3) is 0.375. The second kappa shape index (κ2) is 7.12. The number of carbonyl (C=O) groups is 2. The second-order valence-corrected chi connectivity index (χ2v) is 5.63. The number of nitrogens with zero attached hydrogens (tertiary/aromatic N) is 3. The van der Waals surface area contributed by atoms with Gasteiger partial charge in [-0.2, -0.15) is 0 Å². The number of benzene rings is 1. The van der Waals surface area contributed by atoms with Crippen molar-refractivity contribution in [1.29, 1.82) is 0 Å². The Hall–Kier alpha value is -2.90. The molecule has 0 aliphatic heterocycles. The third kappa shape index (κ3) is 3.89. The molecule has 0 fully saturated rings. The number of ether oxygens (including phenoxy) is 1. The van der Waals surface area contributed by atoms with E-state index in [-0.39, 0.29) is 11.8 Å². The SMILES string of the molecule is Cc1c(C(=O)NC(C)C(=O)O)nnn1-c1ccc(OC(C)C)cc1. The zero-order chi connectivity index (χ0) is 17.9. The monoisotopic (exact) mass is 332 g/mol. The van der Waals surface area contributed by atoms with Crippen molar-refractivity contribution in [3.05, 3.63) is 35.7 Å². The van der Waals surface area contributed by atoms with Crippen LogP contribution in [0.25, 0.3) is 5.69 Å². The molecule has 2 N–H and O–H groups in total. The van der Waals surface area contributed by atoms with E-state index in [4.69, 9.17) is 9.84 Å². The maximum Gasteiger partial charge on any atom is 0.325 e. The predicted octanol–water partition coefficient (Wildman–Crippen LogP) is 1.57. The van der Waals surface area contributed by atoms with Crippen LogP contribution in [-0.2, 0) is 4.79 Å². The lowest BCUT2D eigenvalue weighted by Crippen LogP contribution is -2.38. The Kier molecular flexibility index (Phi) is 5.18. The molecule has 0 bridgehead atoms. The summed E-state index contributed by atoms with van der Waals surface area (Å²) in [5.74, 6) is -0.956. The molecule has 1 unspecified atom stereocenters. The van der Waals surface area contributed by atoms with Gasteiger partial charge in [-0.3, -0.25) is 9.59 Å². The molecule has 0 spiro atoms. The Labute approximate surface area is 139 Å². The standard InChI is InChI=1S/C16H20N4O4/c1-9(2)24-13-7-5-12(6-8-13)20-11(4)14(18-19-20)15(21)17-10(3)16(22)23/h5-10H,1-4H3,(H,17,21)(H,22,23). The number of hydrogen-bond acceptors (Lipinski definition) is 5. The summed E-state index contributed by atoms with van der Waals surface area (Å²) in [6, 6.07) is 6.22. The van der Waals surface area contributed by atoms with Crippen molar-refractivity contribution in [2.45, 2.75) is 39.8 Å². The van der Waals surface area contributed by atoms with Gasteiger partial charge in [0.15, 0.2) is 5.69 Å². The van der Waals surface area contributed by atoms with E-state index in [0.29, 0.717) is 5.69 Å². The van der Waals surface area contributed by atoms with E-state index in [9.17, 15) is 9.59 Å². The quantitative estimate of drug-likeness (QED) is 0.831. The molecule has 8 nitrogen and oxygen atoms in total. The summed E-state index contributed by atoms with van der Waals surface area (Å²) in [6.07, 6.45) is 0.0791. The first-order chi connectivity index (χ1) is 11.3. The number of carboxylic acid groups (broad SMARTS) is 1. The molecule has 2 rings (SSSR count). The van der Waals surface area contributed by atoms with Crippen LogP contribution in [0.4, 0.5) is 0 Å². The van der Waals surface area contributed by atoms with Crippen LogP contribution in [0.5, 0.6) is 5.75 Å². The Balaban J connectivity index is 2.20. The molecule has 8 heteroatoms. The Morgan fingerprint density at radius 2 is 1.83 bits per heavy atom. The minimum atomic E-state index is -1.12. The van der Waals surface area contributed by atoms with Crippen molar-refractivity contribution in [2.24, 2.45) is 0 Å². The molecule has 0 radical (unpaired) electrons. The van der Waals surface area contributed by atoms with E-state index >= 15 is 0 Å². The lowest BCUT2D eigenvalue weighted by molar-refractivity contribution is -0.138. The van der Waals surface area contributed by atoms with Crippen molar-refractivity contribution >= 4 is 11.9 Å². The van der Waals surface area contributed by atoms with Crippen LogP contribution in [-0.4, -0.2) is 44.1 Å². The average molecular weight is 332 g/mol. The van der Waals surface area contributed by atoms with Gasteiger partial charge in [-0.15, -0.1) is 5.10 Å². The van der Waals surface area contributed by atoms with Crippen LogP contribution >= 0.6 is 0 Å². The first kappa shape index (κ1) is 17.5. The number of amides is 1. The lowest BCUT2D eigenvalue weighted by atomic mass is 10.2. The normalized spacial score (nSPS) is 12.0. The van der Waals surface area contributed by atoms with Crippen LogP contribution in [0, 0.1) is 6.92 Å². The van der Waals surface area contributed by atoms with Gasteiger partial charge in [-0.25, -0.2) is 4.68 Å². The van der Waals surface area contributed by atoms with Gasteiger partial charge in [-0.1, -0.05) is 5.21 Å². The molecule has 0 saturated carbocycles. The Morgan fingerprint density at radius 1 is 1.21 bits per heavy atom. The van der Waals surface area contributed by atoms with Gasteiger partial charge in [0.25, 0.3) is 5.91 Å². The molecule has 0 aliphatic carbocycles. The number of carbonyl (C=O) groups excluding carboxylic acids is 1. The fourth-order valence-corrected chi connectivity index (χ4v) is 2.05. The van der Waals surface area contributed by atoms with Gasteiger partial charge in [0.2, 0.25) is 0 Å². The minimum Gasteiger partial charge on any atom is -0.491 e. The summed E-state index contributed by atoms with van der Waals surface area (Å²) in [5.41, 5.74) is 1.33. The summed E-state index contributed by atoms with van der Waals surface area (Å²) < 4.78 is 7.09. The van der Waals surface area contributed by atoms with Gasteiger partial charge < -0.3 is 15.2 Å². The lowest BCUT2D eigenvalue weighted by Gasteiger charge is -2.10. The van der Waals surface area contributed by atoms with Gasteiger partial charge in [0.05, 0.1) is 17.5 Å². The van der Waals surface area contributed by atoms with Crippen LogP contribution in [0.15, 0.2) is 24.3 Å². The molecule has 0 saturated heterocycles. The summed E-state index contributed by atoms with van der Waals surface area (Å²) >= 11 is 0. The zero-order valence-electron chi connectivity index (χ0n) is 14.0. The molecule has 1 heterocycles. The molecular weight excluding hydrogens is 312 g/mol. The molecule has 1 aromatic carbocycles. The predicted molar refractivity (Wildman–Crippen MR) is 86.4 cm³/mol. The summed E-state index contributed by atoms with van der Waals surface area (Å²) in [6.45, 7) is 6.96. The van der Waals surface area contributed by atoms with E-state index in [1.807, 2.05) is 26.0 Å². The van der Waals surface area contributed by atoms with Crippen LogP contribution in [0.2, 0.25) is 0 Å². The third-order valence-corrected chi connectivity index (χ3v) is 3.28. The largest absolute Gasteiger partial charge is 0.491 e. The highest BCUT2D eigenvalue weighted by molar-refractivity contribution is 5.95. The molecule has 1 amide bonds. The van der Waals surface area contributed by atoms with Crippen molar-refractivity contribution in [3.63, 3.8) is 0 Å². The van der Waals surface area contributed by atoms with E-state index < -0.39 is 17.9 Å². The van der Waals surface area contributed by atoms with Crippen LogP contribution in [0.3, 0.4) is 0 Å². The number of nitrogens with one attached hydrogen (secondary N) is 1. The first-order valence-electron chi connectivity index (χ1n) is 7.52. The molecule has 1 atom stereocenters. The minimum absolute atomic E-state index is 0.0791. The molecule has 1 aromatic heterocycles. The summed E-state index contributed by atoms with van der Waals surface area (Å²) in [5, 5.41) is 19.0. The van der Waals surface area contributed by atoms with E-state index in [1.165, 1.54) is 11.6 Å². The van der Waals surface area contributed by atoms with Crippen molar-refractivity contribution in [1.82, 2.24) is 20.3 Å². The highest BCUT2D eigenvalue weighted by Gasteiger charge is 2.21. The molecule has 0 aliphatic rings. The van der Waals surface area contributed by atoms with Gasteiger partial charge in [-0.05, 0) is 52.0 Å². The molecule has 24 heavy (non-hydrogen) atoms. The topological polar surface area (TPSA) is 106 Å². The van der Waals surface area contributed by atoms with Crippen molar-refractivity contribution in [2.75, 3.05) is 0 Å². The van der Waals surface area contributed by atoms with Crippen molar-refractivity contribution < 1.29 is 19.4 Å². The fourth-order valence-electron chi connectivity index (χ4n) is 2.05. The van der Waals surface area contributed by atoms with Crippen molar-refractivity contribution in [3.8, 4) is 11.4 Å². The number of aliphatic carboxylic acids is 1. The van der Waals surface area contributed by atoms with Gasteiger partial charge in [0, 0.05) is 0 Å². The van der Waals surface area contributed by atoms with Crippen LogP contribution in [0.1, 0.15) is 37.0 Å². The number of hydrogen-bond donors (Lipinski definition) is 2. The summed E-state index contributed by atoms with van der Waals surface area (Å²) in [7, 11) is 0. The summed E-state index contributed by atoms with van der Waals surface area (Å²) in [4.78, 5) is 22.9. The van der Waals surface area contributed by atoms with E-state index in [0.717, 1.165) is 11.4 Å².